The van der Waals surface area contributed by atoms with Crippen LogP contribution in [0.3, 0.4) is 0 Å². The molecule has 7 heteroatoms. The smallest absolute Gasteiger partial charge is 0.252 e. The molecule has 1 heterocycles. The van der Waals surface area contributed by atoms with Crippen LogP contribution in [0.4, 0.5) is 0 Å². The van der Waals surface area contributed by atoms with E-state index in [-0.39, 0.29) is 24.7 Å². The first-order valence-electron chi connectivity index (χ1n) is 12.2. The van der Waals surface area contributed by atoms with Gasteiger partial charge in [-0.1, -0.05) is 48.0 Å². The summed E-state index contributed by atoms with van der Waals surface area (Å²) in [6.07, 6.45) is -0.477. The number of nitriles is 1. The van der Waals surface area contributed by atoms with Crippen molar-refractivity contribution in [1.29, 1.82) is 5.26 Å². The van der Waals surface area contributed by atoms with E-state index in [0.717, 1.165) is 16.7 Å². The molecular formula is C28H34N2O5. The second kappa shape index (κ2) is 10.5. The van der Waals surface area contributed by atoms with E-state index in [4.69, 9.17) is 18.9 Å². The van der Waals surface area contributed by atoms with Crippen LogP contribution in [0, 0.1) is 18.3 Å². The predicted molar refractivity (Wildman–Crippen MR) is 130 cm³/mol. The molecule has 2 aromatic carbocycles. The maximum Gasteiger partial charge on any atom is 0.252 e. The molecular weight excluding hydrogens is 444 g/mol. The maximum atomic E-state index is 13.4. The van der Waals surface area contributed by atoms with Crippen LogP contribution < -0.4 is 5.32 Å². The van der Waals surface area contributed by atoms with Crippen molar-refractivity contribution < 1.29 is 23.7 Å². The minimum absolute atomic E-state index is 0.176. The van der Waals surface area contributed by atoms with E-state index in [9.17, 15) is 10.1 Å². The van der Waals surface area contributed by atoms with Crippen molar-refractivity contribution in [2.75, 3.05) is 6.54 Å². The molecule has 2 aromatic rings. The Morgan fingerprint density at radius 1 is 1.14 bits per heavy atom. The molecule has 4 rings (SSSR count). The van der Waals surface area contributed by atoms with E-state index in [0.29, 0.717) is 31.6 Å². The van der Waals surface area contributed by atoms with Crippen LogP contribution in [0.15, 0.2) is 48.5 Å². The molecule has 0 radical (unpaired) electrons. The summed E-state index contributed by atoms with van der Waals surface area (Å²) in [6.45, 7) is 8.68. The SMILES string of the molecule is CCNC(=O)[C@@]1(OCc2cccc(C)c2)C[C@H](OCc2ccccc2C#N)[C@@H]2OC(C)(C)O[C@@H]2C1. The molecule has 2 aliphatic rings. The van der Waals surface area contributed by atoms with E-state index in [1.807, 2.05) is 64.1 Å². The van der Waals surface area contributed by atoms with Crippen LogP contribution in [-0.2, 0) is 37.0 Å². The van der Waals surface area contributed by atoms with Crippen LogP contribution >= 0.6 is 0 Å². The molecule has 0 bridgehead atoms. The first kappa shape index (κ1) is 25.3. The average molecular weight is 479 g/mol. The van der Waals surface area contributed by atoms with Gasteiger partial charge in [0.2, 0.25) is 0 Å². The molecule has 35 heavy (non-hydrogen) atoms. The molecule has 0 unspecified atom stereocenters. The van der Waals surface area contributed by atoms with E-state index < -0.39 is 17.5 Å². The van der Waals surface area contributed by atoms with Gasteiger partial charge in [0.15, 0.2) is 11.4 Å². The summed E-state index contributed by atoms with van der Waals surface area (Å²) < 4.78 is 25.2. The summed E-state index contributed by atoms with van der Waals surface area (Å²) in [5.74, 6) is -0.972. The van der Waals surface area contributed by atoms with Gasteiger partial charge in [0.1, 0.15) is 6.10 Å². The molecule has 0 spiro atoms. The Morgan fingerprint density at radius 3 is 2.69 bits per heavy atom. The maximum absolute atomic E-state index is 13.4. The highest BCUT2D eigenvalue weighted by atomic mass is 16.8. The number of amides is 1. The first-order valence-corrected chi connectivity index (χ1v) is 12.2. The van der Waals surface area contributed by atoms with Gasteiger partial charge in [0, 0.05) is 19.4 Å². The third-order valence-corrected chi connectivity index (χ3v) is 6.59. The molecule has 186 valence electrons. The van der Waals surface area contributed by atoms with Crippen molar-refractivity contribution in [2.45, 2.75) is 83.5 Å². The first-order chi connectivity index (χ1) is 16.7. The van der Waals surface area contributed by atoms with Gasteiger partial charge >= 0.3 is 0 Å². The number of hydrogen-bond acceptors (Lipinski definition) is 6. The predicted octanol–water partition coefficient (Wildman–Crippen LogP) is 4.16. The molecule has 0 aromatic heterocycles. The van der Waals surface area contributed by atoms with Crippen LogP contribution in [0.2, 0.25) is 0 Å². The fourth-order valence-electron chi connectivity index (χ4n) is 5.01. The summed E-state index contributed by atoms with van der Waals surface area (Å²) in [6, 6.07) is 17.6. The second-order valence-corrected chi connectivity index (χ2v) is 9.80. The molecule has 2 fully saturated rings. The van der Waals surface area contributed by atoms with Crippen molar-refractivity contribution in [1.82, 2.24) is 5.32 Å². The van der Waals surface area contributed by atoms with Gasteiger partial charge < -0.3 is 24.3 Å². The highest BCUT2D eigenvalue weighted by molar-refractivity contribution is 5.85. The quantitative estimate of drug-likeness (QED) is 0.613. The highest BCUT2D eigenvalue weighted by Gasteiger charge is 2.58. The van der Waals surface area contributed by atoms with Gasteiger partial charge in [-0.05, 0) is 44.9 Å². The van der Waals surface area contributed by atoms with Crippen LogP contribution in [0.5, 0.6) is 0 Å². The van der Waals surface area contributed by atoms with Gasteiger partial charge in [-0.2, -0.15) is 5.26 Å². The summed E-state index contributed by atoms with van der Waals surface area (Å²) >= 11 is 0. The lowest BCUT2D eigenvalue weighted by Gasteiger charge is -2.43. The molecule has 4 atom stereocenters. The van der Waals surface area contributed by atoms with Crippen LogP contribution in [0.1, 0.15) is 55.9 Å². The summed E-state index contributed by atoms with van der Waals surface area (Å²) in [5.41, 5.74) is 2.35. The Bertz CT molecular complexity index is 1090. The minimum Gasteiger partial charge on any atom is -0.371 e. The lowest BCUT2D eigenvalue weighted by atomic mass is 9.78. The summed E-state index contributed by atoms with van der Waals surface area (Å²) in [7, 11) is 0. The monoisotopic (exact) mass is 478 g/mol. The van der Waals surface area contributed by atoms with E-state index in [1.54, 1.807) is 6.07 Å². The van der Waals surface area contributed by atoms with Gasteiger partial charge in [-0.3, -0.25) is 4.79 Å². The zero-order valence-electron chi connectivity index (χ0n) is 20.9. The normalized spacial score (nSPS) is 27.1. The number of ether oxygens (including phenoxy) is 4. The molecule has 1 saturated carbocycles. The third-order valence-electron chi connectivity index (χ3n) is 6.59. The molecule has 7 nitrogen and oxygen atoms in total. The lowest BCUT2D eigenvalue weighted by Crippen LogP contribution is -2.60. The zero-order chi connectivity index (χ0) is 25.1. The zero-order valence-corrected chi connectivity index (χ0v) is 20.9. The molecule has 1 aliphatic carbocycles. The third kappa shape index (κ3) is 5.74. The number of fused-ring (bicyclic) bond motifs is 1. The fourth-order valence-corrected chi connectivity index (χ4v) is 5.01. The molecule has 1 aliphatic heterocycles. The summed E-state index contributed by atoms with van der Waals surface area (Å²) in [4.78, 5) is 13.4. The van der Waals surface area contributed by atoms with Gasteiger partial charge in [0.05, 0.1) is 37.1 Å². The summed E-state index contributed by atoms with van der Waals surface area (Å²) in [5, 5.41) is 12.4. The minimum atomic E-state index is -1.13. The van der Waals surface area contributed by atoms with Crippen molar-refractivity contribution >= 4 is 5.91 Å². The number of nitrogens with one attached hydrogen (secondary N) is 1. The molecule has 1 amide bonds. The van der Waals surface area contributed by atoms with Gasteiger partial charge in [0.25, 0.3) is 5.91 Å². The average Bonchev–Trinajstić information content (AvgIpc) is 3.15. The van der Waals surface area contributed by atoms with Crippen molar-refractivity contribution in [3.8, 4) is 6.07 Å². The Morgan fingerprint density at radius 2 is 1.94 bits per heavy atom. The number of hydrogen-bond donors (Lipinski definition) is 1. The largest absolute Gasteiger partial charge is 0.371 e. The molecule has 1 saturated heterocycles. The number of carbonyl (C=O) groups excluding carboxylic acids is 1. The van der Waals surface area contributed by atoms with Gasteiger partial charge in [-0.25, -0.2) is 0 Å². The van der Waals surface area contributed by atoms with Crippen molar-refractivity contribution in [3.63, 3.8) is 0 Å². The fraction of sp³-hybridized carbons (Fsp3) is 0.500. The van der Waals surface area contributed by atoms with Gasteiger partial charge in [-0.15, -0.1) is 0 Å². The second-order valence-electron chi connectivity index (χ2n) is 9.80. The number of rotatable bonds is 8. The van der Waals surface area contributed by atoms with Crippen molar-refractivity contribution in [2.24, 2.45) is 0 Å². The molecule has 1 N–H and O–H groups in total. The number of carbonyl (C=O) groups is 1. The van der Waals surface area contributed by atoms with E-state index in [2.05, 4.69) is 17.5 Å². The topological polar surface area (TPSA) is 89.8 Å². The Kier molecular flexibility index (Phi) is 7.58. The number of nitrogens with zero attached hydrogens (tertiary/aromatic N) is 1. The van der Waals surface area contributed by atoms with E-state index in [1.165, 1.54) is 0 Å². The van der Waals surface area contributed by atoms with Crippen LogP contribution in [-0.4, -0.2) is 42.2 Å². The number of likely N-dealkylation sites (N-methyl/N-ethyl adjacent to an activating group) is 1. The Hall–Kier alpha value is -2.76. The lowest BCUT2D eigenvalue weighted by molar-refractivity contribution is -0.183. The number of aryl methyl sites for hydroxylation is 1. The van der Waals surface area contributed by atoms with E-state index >= 15 is 0 Å². The Balaban J connectivity index is 1.61. The van der Waals surface area contributed by atoms with Crippen LogP contribution in [0.25, 0.3) is 0 Å². The number of benzene rings is 2. The standard InChI is InChI=1S/C28H34N2O5/c1-5-30-26(31)28(33-17-20-10-8-9-19(2)13-20)14-23(25-24(15-28)34-27(3,4)35-25)32-18-22-12-7-6-11-21(22)16-29/h6-13,23-25H,5,14-15,17-18H2,1-4H3,(H,30,31)/t23-,24+,25-,28+/m0/s1. The highest BCUT2D eigenvalue weighted by Crippen LogP contribution is 2.44. The van der Waals surface area contributed by atoms with Crippen molar-refractivity contribution in [3.05, 3.63) is 70.8 Å². The Labute approximate surface area is 207 Å².